The van der Waals surface area contributed by atoms with E-state index in [0.717, 1.165) is 10.8 Å². The van der Waals surface area contributed by atoms with Crippen molar-refractivity contribution >= 4 is 55.7 Å². The minimum atomic E-state index is -0.796. The first-order chi connectivity index (χ1) is 22.2. The summed E-state index contributed by atoms with van der Waals surface area (Å²) < 4.78 is 14.4. The number of nitro benzene ring substituents is 1. The normalized spacial score (nSPS) is 14.7. The van der Waals surface area contributed by atoms with Gasteiger partial charge in [-0.15, -0.1) is 0 Å². The first-order valence-electron chi connectivity index (χ1n) is 14.6. The average molecular weight is 702 g/mol. The number of likely N-dealkylation sites (N-methyl/N-ethyl adjacent to an activating group) is 1. The van der Waals surface area contributed by atoms with Crippen molar-refractivity contribution in [2.75, 3.05) is 20.2 Å². The molecular weight excluding hydrogens is 672 g/mol. The van der Waals surface area contributed by atoms with E-state index in [9.17, 15) is 19.7 Å². The van der Waals surface area contributed by atoms with Crippen LogP contribution in [0.3, 0.4) is 0 Å². The van der Waals surface area contributed by atoms with Crippen LogP contribution in [0.15, 0.2) is 96.7 Å². The molecule has 1 aliphatic rings. The summed E-state index contributed by atoms with van der Waals surface area (Å²) in [5.41, 5.74) is 1.92. The van der Waals surface area contributed by atoms with Crippen molar-refractivity contribution in [3.05, 3.63) is 124 Å². The topological polar surface area (TPSA) is 120 Å². The second-order valence-electron chi connectivity index (χ2n) is 10.6. The fourth-order valence-corrected chi connectivity index (χ4v) is 7.40. The summed E-state index contributed by atoms with van der Waals surface area (Å²) in [4.78, 5) is 46.1. The number of hydrogen-bond donors (Lipinski definition) is 0. The molecule has 0 bridgehead atoms. The Hall–Kier alpha value is -4.81. The fraction of sp³-hybridized carbons (Fsp3) is 0.206. The third kappa shape index (κ3) is 5.37. The molecule has 1 amide bonds. The molecule has 3 heterocycles. The first kappa shape index (κ1) is 31.2. The van der Waals surface area contributed by atoms with E-state index in [1.54, 1.807) is 47.8 Å². The molecule has 0 saturated heterocycles. The number of aromatic nitrogens is 1. The molecule has 234 valence electrons. The summed E-state index contributed by atoms with van der Waals surface area (Å²) in [6.07, 6.45) is 1.65. The number of amides is 1. The van der Waals surface area contributed by atoms with Crippen molar-refractivity contribution in [3.63, 3.8) is 0 Å². The Balaban J connectivity index is 1.55. The molecule has 10 nitrogen and oxygen atoms in total. The van der Waals surface area contributed by atoms with E-state index >= 15 is 0 Å². The molecule has 0 N–H and O–H groups in total. The Morgan fingerprint density at radius 2 is 1.91 bits per heavy atom. The van der Waals surface area contributed by atoms with E-state index in [1.165, 1.54) is 23.5 Å². The zero-order valence-electron chi connectivity index (χ0n) is 25.4. The molecular formula is C34H29BrN4O6S. The number of rotatable bonds is 8. The molecule has 5 aromatic rings. The number of methoxy groups -OCH3 is 1. The highest BCUT2D eigenvalue weighted by Gasteiger charge is 2.36. The van der Waals surface area contributed by atoms with Gasteiger partial charge in [0.15, 0.2) is 4.80 Å². The van der Waals surface area contributed by atoms with Gasteiger partial charge in [-0.1, -0.05) is 41.7 Å². The van der Waals surface area contributed by atoms with Gasteiger partial charge in [-0.2, -0.15) is 0 Å². The number of thiazole rings is 1. The van der Waals surface area contributed by atoms with Gasteiger partial charge in [0, 0.05) is 46.9 Å². The Bertz CT molecular complexity index is 2250. The molecule has 0 fully saturated rings. The summed E-state index contributed by atoms with van der Waals surface area (Å²) in [6.45, 7) is 6.66. The smallest absolute Gasteiger partial charge is 0.271 e. The molecule has 0 saturated carbocycles. The SMILES string of the molecule is CCN(CC)C(=O)C1=C(C)N=c2s/c(=C/c3ccc(-c4ccc([N+](=O)[O-])cc4Br)o3)c(=O)n2[C@H]1c1c(OC)ccc2ccccc12. The summed E-state index contributed by atoms with van der Waals surface area (Å²) in [6, 6.07) is 18.7. The van der Waals surface area contributed by atoms with Crippen LogP contribution in [0.25, 0.3) is 28.2 Å². The number of halogens is 1. The number of hydrogen-bond acceptors (Lipinski definition) is 8. The standard InChI is InChI=1S/C34H29BrN4O6S/c1-5-37(6-2)33(41)29-19(3)36-34-38(31(29)30-23-10-8-7-9-20(23)11-15-27(30)44-4)32(40)28(46-34)18-22-13-16-26(45-22)24-14-12-21(39(42)43)17-25(24)35/h7-18,31H,5-6H2,1-4H3/b28-18+/t31-/m1/s1. The Kier molecular flexibility index (Phi) is 8.49. The minimum absolute atomic E-state index is 0.0463. The largest absolute Gasteiger partial charge is 0.496 e. The molecule has 0 spiro atoms. The molecule has 0 radical (unpaired) electrons. The quantitative estimate of drug-likeness (QED) is 0.141. The van der Waals surface area contributed by atoms with Gasteiger partial charge < -0.3 is 14.1 Å². The number of nitrogens with zero attached hydrogens (tertiary/aromatic N) is 4. The van der Waals surface area contributed by atoms with E-state index < -0.39 is 11.0 Å². The Morgan fingerprint density at radius 3 is 2.61 bits per heavy atom. The van der Waals surface area contributed by atoms with Crippen molar-refractivity contribution < 1.29 is 18.9 Å². The van der Waals surface area contributed by atoms with E-state index in [4.69, 9.17) is 14.1 Å². The second-order valence-corrected chi connectivity index (χ2v) is 12.4. The number of benzene rings is 3. The maximum atomic E-state index is 14.3. The Morgan fingerprint density at radius 1 is 1.15 bits per heavy atom. The highest BCUT2D eigenvalue weighted by molar-refractivity contribution is 9.10. The van der Waals surface area contributed by atoms with Gasteiger partial charge >= 0.3 is 0 Å². The van der Waals surface area contributed by atoms with Crippen LogP contribution in [0.5, 0.6) is 5.75 Å². The minimum Gasteiger partial charge on any atom is -0.496 e. The van der Waals surface area contributed by atoms with Gasteiger partial charge in [-0.05, 0) is 71.7 Å². The maximum absolute atomic E-state index is 14.3. The molecule has 2 aromatic heterocycles. The molecule has 1 aliphatic heterocycles. The number of furan rings is 1. The van der Waals surface area contributed by atoms with Crippen molar-refractivity contribution in [1.29, 1.82) is 0 Å². The van der Waals surface area contributed by atoms with Crippen molar-refractivity contribution in [2.45, 2.75) is 26.8 Å². The molecule has 1 atom stereocenters. The highest BCUT2D eigenvalue weighted by atomic mass is 79.9. The number of fused-ring (bicyclic) bond motifs is 2. The molecule has 46 heavy (non-hydrogen) atoms. The molecule has 0 unspecified atom stereocenters. The number of carbonyl (C=O) groups is 1. The Labute approximate surface area is 275 Å². The first-order valence-corrected chi connectivity index (χ1v) is 16.2. The monoisotopic (exact) mass is 700 g/mol. The van der Waals surface area contributed by atoms with Crippen LogP contribution in [-0.4, -0.2) is 40.5 Å². The molecule has 0 aliphatic carbocycles. The second kappa shape index (κ2) is 12.5. The number of nitro groups is 1. The van der Waals surface area contributed by atoms with Gasteiger partial charge in [-0.3, -0.25) is 24.3 Å². The lowest BCUT2D eigenvalue weighted by molar-refractivity contribution is -0.384. The number of allylic oxidation sites excluding steroid dienone is 1. The lowest BCUT2D eigenvalue weighted by Gasteiger charge is -2.30. The predicted molar refractivity (Wildman–Crippen MR) is 181 cm³/mol. The molecule has 3 aromatic carbocycles. The van der Waals surface area contributed by atoms with Crippen LogP contribution in [0.2, 0.25) is 0 Å². The van der Waals surface area contributed by atoms with Crippen LogP contribution >= 0.6 is 27.3 Å². The van der Waals surface area contributed by atoms with Crippen LogP contribution in [-0.2, 0) is 4.79 Å². The van der Waals surface area contributed by atoms with E-state index in [0.29, 0.717) is 66.6 Å². The van der Waals surface area contributed by atoms with Crippen LogP contribution < -0.4 is 19.6 Å². The van der Waals surface area contributed by atoms with E-state index in [1.807, 2.05) is 50.2 Å². The van der Waals surface area contributed by atoms with Gasteiger partial charge in [0.2, 0.25) is 0 Å². The number of non-ortho nitro benzene ring substituents is 1. The molecule has 6 rings (SSSR count). The zero-order chi connectivity index (χ0) is 32.7. The molecule has 12 heteroatoms. The summed E-state index contributed by atoms with van der Waals surface area (Å²) in [5, 5.41) is 13.0. The number of ether oxygens (including phenoxy) is 1. The predicted octanol–water partition coefficient (Wildman–Crippen LogP) is 6.20. The lowest BCUT2D eigenvalue weighted by atomic mass is 9.90. The summed E-state index contributed by atoms with van der Waals surface area (Å²) >= 11 is 4.60. The lowest BCUT2D eigenvalue weighted by Crippen LogP contribution is -2.43. The van der Waals surface area contributed by atoms with Gasteiger partial charge in [0.05, 0.1) is 27.8 Å². The summed E-state index contributed by atoms with van der Waals surface area (Å²) in [5.74, 6) is 1.26. The van der Waals surface area contributed by atoms with E-state index in [-0.39, 0.29) is 17.2 Å². The van der Waals surface area contributed by atoms with Crippen molar-refractivity contribution in [1.82, 2.24) is 9.47 Å². The van der Waals surface area contributed by atoms with Gasteiger partial charge in [0.25, 0.3) is 17.2 Å². The van der Waals surface area contributed by atoms with Crippen molar-refractivity contribution in [2.24, 2.45) is 4.99 Å². The third-order valence-corrected chi connectivity index (χ3v) is 9.69. The van der Waals surface area contributed by atoms with Gasteiger partial charge in [-0.25, -0.2) is 4.99 Å². The van der Waals surface area contributed by atoms with Crippen LogP contribution in [0, 0.1) is 10.1 Å². The van der Waals surface area contributed by atoms with Crippen molar-refractivity contribution in [3.8, 4) is 17.1 Å². The fourth-order valence-electron chi connectivity index (χ4n) is 5.81. The highest BCUT2D eigenvalue weighted by Crippen LogP contribution is 2.40. The zero-order valence-corrected chi connectivity index (χ0v) is 27.8. The summed E-state index contributed by atoms with van der Waals surface area (Å²) in [7, 11) is 1.58. The van der Waals surface area contributed by atoms with E-state index in [2.05, 4.69) is 15.9 Å². The van der Waals surface area contributed by atoms with Crippen LogP contribution in [0.4, 0.5) is 5.69 Å². The van der Waals surface area contributed by atoms with Crippen LogP contribution in [0.1, 0.15) is 38.1 Å². The third-order valence-electron chi connectivity index (χ3n) is 8.06. The maximum Gasteiger partial charge on any atom is 0.271 e. The van der Waals surface area contributed by atoms with Gasteiger partial charge in [0.1, 0.15) is 23.3 Å². The average Bonchev–Trinajstić information content (AvgIpc) is 3.63. The number of carbonyl (C=O) groups excluding carboxylic acids is 1.